The summed E-state index contributed by atoms with van der Waals surface area (Å²) in [7, 11) is -0.372. The number of aryl methyl sites for hydroxylation is 1. The van der Waals surface area contributed by atoms with Crippen molar-refractivity contribution in [3.63, 3.8) is 0 Å². The zero-order valence-electron chi connectivity index (χ0n) is 24.2. The molecule has 11 heteroatoms. The number of aromatic nitrogens is 2. The number of oxazole rings is 1. The summed E-state index contributed by atoms with van der Waals surface area (Å²) in [4.78, 5) is 21.8. The van der Waals surface area contributed by atoms with Gasteiger partial charge in [-0.25, -0.2) is 18.1 Å². The molecule has 0 spiro atoms. The van der Waals surface area contributed by atoms with Crippen LogP contribution in [0.25, 0.3) is 22.6 Å². The number of nitrogens with zero attached hydrogens (tertiary/aromatic N) is 4. The highest BCUT2D eigenvalue weighted by Gasteiger charge is 2.34. The molecule has 6 rings (SSSR count). The molecule has 1 amide bonds. The number of anilines is 2. The monoisotopic (exact) mass is 597 g/mol. The molecular weight excluding hydrogens is 566 g/mol. The Balaban J connectivity index is 1.37. The van der Waals surface area contributed by atoms with E-state index in [1.807, 2.05) is 54.4 Å². The molecule has 3 aromatic carbocycles. The van der Waals surface area contributed by atoms with Gasteiger partial charge in [-0.3, -0.25) is 4.79 Å². The zero-order valence-corrected chi connectivity index (χ0v) is 25.1. The van der Waals surface area contributed by atoms with Gasteiger partial charge in [-0.05, 0) is 54.8 Å². The van der Waals surface area contributed by atoms with Crippen molar-refractivity contribution in [2.24, 2.45) is 0 Å². The summed E-state index contributed by atoms with van der Waals surface area (Å²) in [5.41, 5.74) is 5.96. The fraction of sp³-hybridized carbons (Fsp3) is 0.219. The molecule has 220 valence electrons. The van der Waals surface area contributed by atoms with Gasteiger partial charge in [-0.15, -0.1) is 0 Å². The van der Waals surface area contributed by atoms with Crippen molar-refractivity contribution in [2.45, 2.75) is 37.8 Å². The Bertz CT molecular complexity index is 1920. The average Bonchev–Trinajstić information content (AvgIpc) is 3.74. The van der Waals surface area contributed by atoms with Crippen LogP contribution in [0.1, 0.15) is 22.4 Å². The summed E-state index contributed by atoms with van der Waals surface area (Å²) in [6.07, 6.45) is 3.67. The Labute approximate surface area is 250 Å². The Hall–Kier alpha value is -4.90. The number of fused-ring (bicyclic) bond motifs is 1. The van der Waals surface area contributed by atoms with E-state index in [9.17, 15) is 13.2 Å². The lowest BCUT2D eigenvalue weighted by atomic mass is 9.96. The molecule has 0 bridgehead atoms. The highest BCUT2D eigenvalue weighted by molar-refractivity contribution is 7.92. The van der Waals surface area contributed by atoms with Crippen LogP contribution in [0.4, 0.5) is 11.6 Å². The van der Waals surface area contributed by atoms with Crippen LogP contribution < -0.4 is 9.62 Å². The predicted molar refractivity (Wildman–Crippen MR) is 163 cm³/mol. The molecule has 1 aliphatic rings. The van der Waals surface area contributed by atoms with Crippen LogP contribution in [0.2, 0.25) is 0 Å². The molecule has 0 saturated carbocycles. The van der Waals surface area contributed by atoms with Gasteiger partial charge in [0.2, 0.25) is 17.7 Å². The Morgan fingerprint density at radius 1 is 1.07 bits per heavy atom. The summed E-state index contributed by atoms with van der Waals surface area (Å²) >= 11 is 0. The predicted octanol–water partition coefficient (Wildman–Crippen LogP) is 5.43. The third kappa shape index (κ3) is 5.27. The lowest BCUT2D eigenvalue weighted by Gasteiger charge is -2.28. The van der Waals surface area contributed by atoms with Crippen molar-refractivity contribution in [1.29, 1.82) is 0 Å². The van der Waals surface area contributed by atoms with Gasteiger partial charge in [-0.1, -0.05) is 47.6 Å². The quantitative estimate of drug-likeness (QED) is 0.251. The van der Waals surface area contributed by atoms with Gasteiger partial charge in [0.1, 0.15) is 12.3 Å². The van der Waals surface area contributed by atoms with Crippen LogP contribution >= 0.6 is 0 Å². The van der Waals surface area contributed by atoms with E-state index in [0.29, 0.717) is 40.3 Å². The minimum absolute atomic E-state index is 0.0371. The Morgan fingerprint density at radius 3 is 2.56 bits per heavy atom. The van der Waals surface area contributed by atoms with Gasteiger partial charge in [0, 0.05) is 49.4 Å². The van der Waals surface area contributed by atoms with Gasteiger partial charge >= 0.3 is 0 Å². The van der Waals surface area contributed by atoms with Gasteiger partial charge in [0.15, 0.2) is 0 Å². The number of likely N-dealkylation sites (N-methyl/N-ethyl adjacent to an activating group) is 2. The maximum Gasteiger partial charge on any atom is 0.264 e. The molecule has 10 nitrogen and oxygen atoms in total. The van der Waals surface area contributed by atoms with Gasteiger partial charge < -0.3 is 18.7 Å². The Kier molecular flexibility index (Phi) is 7.26. The summed E-state index contributed by atoms with van der Waals surface area (Å²) in [5.74, 6) is 0.454. The van der Waals surface area contributed by atoms with Crippen molar-refractivity contribution < 1.29 is 22.2 Å². The molecule has 5 aromatic rings. The number of sulfonamides is 1. The number of para-hydroxylation sites is 1. The van der Waals surface area contributed by atoms with E-state index in [4.69, 9.17) is 8.94 Å². The number of hydrogen-bond donors (Lipinski definition) is 1. The van der Waals surface area contributed by atoms with E-state index in [2.05, 4.69) is 14.9 Å². The second kappa shape index (κ2) is 11.1. The lowest BCUT2D eigenvalue weighted by molar-refractivity contribution is -0.131. The second-order valence-electron chi connectivity index (χ2n) is 10.7. The van der Waals surface area contributed by atoms with Crippen molar-refractivity contribution in [3.8, 4) is 22.6 Å². The molecular formula is C32H31N5O5S. The van der Waals surface area contributed by atoms with Crippen molar-refractivity contribution >= 4 is 27.5 Å². The minimum Gasteiger partial charge on any atom is -0.445 e. The number of hydrogen-bond acceptors (Lipinski definition) is 8. The first-order valence-electron chi connectivity index (χ1n) is 13.8. The van der Waals surface area contributed by atoms with E-state index in [1.54, 1.807) is 56.3 Å². The van der Waals surface area contributed by atoms with Crippen LogP contribution in [0.3, 0.4) is 0 Å². The first-order chi connectivity index (χ1) is 20.6. The molecule has 3 heterocycles. The topological polar surface area (TPSA) is 122 Å². The highest BCUT2D eigenvalue weighted by Crippen LogP contribution is 2.36. The first kappa shape index (κ1) is 28.2. The number of carbonyl (C=O) groups is 1. The summed E-state index contributed by atoms with van der Waals surface area (Å²) in [6, 6.07) is 20.0. The smallest absolute Gasteiger partial charge is 0.264 e. The number of nitrogens with one attached hydrogen (secondary N) is 1. The number of benzene rings is 3. The lowest BCUT2D eigenvalue weighted by Crippen LogP contribution is -2.44. The number of amides is 1. The maximum absolute atomic E-state index is 13.8. The molecule has 0 fully saturated rings. The summed E-state index contributed by atoms with van der Waals surface area (Å²) < 4.78 is 40.7. The van der Waals surface area contributed by atoms with Crippen molar-refractivity contribution in [1.82, 2.24) is 15.0 Å². The zero-order chi connectivity index (χ0) is 30.3. The molecule has 0 aliphatic carbocycles. The van der Waals surface area contributed by atoms with E-state index in [1.165, 1.54) is 6.26 Å². The summed E-state index contributed by atoms with van der Waals surface area (Å²) in [6.45, 7) is 3.71. The van der Waals surface area contributed by atoms with E-state index in [0.717, 1.165) is 16.8 Å². The Morgan fingerprint density at radius 2 is 1.84 bits per heavy atom. The molecule has 0 radical (unpaired) electrons. The van der Waals surface area contributed by atoms with Gasteiger partial charge in [0.05, 0.1) is 16.8 Å². The van der Waals surface area contributed by atoms with E-state index < -0.39 is 10.0 Å². The van der Waals surface area contributed by atoms with E-state index in [-0.39, 0.29) is 29.3 Å². The van der Waals surface area contributed by atoms with Crippen LogP contribution in [0.5, 0.6) is 0 Å². The van der Waals surface area contributed by atoms with Crippen LogP contribution in [-0.2, 0) is 27.8 Å². The molecule has 2 aromatic heterocycles. The number of carbonyl (C=O) groups excluding carboxylic acids is 1. The van der Waals surface area contributed by atoms with Crippen LogP contribution in [0.15, 0.2) is 93.0 Å². The fourth-order valence-electron chi connectivity index (χ4n) is 5.48. The molecule has 1 aliphatic heterocycles. The first-order valence-corrected chi connectivity index (χ1v) is 15.3. The SMILES string of the molecule is Cc1noc(NS(=O)(=O)c2ccccc2-c2ccc(-c3ncco3)cc2CN(C)C(=O)C2Cc3ccccc3N2C)c1C. The number of rotatable bonds is 8. The third-order valence-corrected chi connectivity index (χ3v) is 9.35. The normalized spacial score (nSPS) is 14.5. The van der Waals surface area contributed by atoms with Crippen molar-refractivity contribution in [3.05, 3.63) is 102 Å². The van der Waals surface area contributed by atoms with Gasteiger partial charge in [-0.2, -0.15) is 0 Å². The maximum atomic E-state index is 13.8. The molecule has 0 saturated heterocycles. The standard InChI is InChI=1S/C32H31N5O5S/c1-20-21(2)34-42-30(20)35-43(39,40)29-12-8-6-10-26(29)25-14-13-23(31-33-15-16-41-31)17-24(25)19-36(3)32(38)28-18-22-9-5-7-11-27(22)37(28)4/h5-17,28,35H,18-19H2,1-4H3. The largest absolute Gasteiger partial charge is 0.445 e. The molecule has 1 atom stereocenters. The van der Waals surface area contributed by atoms with Gasteiger partial charge in [0.25, 0.3) is 10.0 Å². The second-order valence-corrected chi connectivity index (χ2v) is 12.3. The summed E-state index contributed by atoms with van der Waals surface area (Å²) in [5, 5.41) is 3.87. The van der Waals surface area contributed by atoms with Crippen LogP contribution in [-0.4, -0.2) is 49.5 Å². The highest BCUT2D eigenvalue weighted by atomic mass is 32.2. The molecule has 1 N–H and O–H groups in total. The fourth-order valence-corrected chi connectivity index (χ4v) is 6.75. The van der Waals surface area contributed by atoms with Crippen molar-refractivity contribution in [2.75, 3.05) is 23.7 Å². The van der Waals surface area contributed by atoms with Crippen LogP contribution in [0, 0.1) is 13.8 Å². The molecule has 43 heavy (non-hydrogen) atoms. The van der Waals surface area contributed by atoms with E-state index >= 15 is 0 Å². The molecule has 1 unspecified atom stereocenters. The third-order valence-electron chi connectivity index (χ3n) is 7.96. The average molecular weight is 598 g/mol. The minimum atomic E-state index is -4.07.